The summed E-state index contributed by atoms with van der Waals surface area (Å²) in [5, 5.41) is 3.33. The van der Waals surface area contributed by atoms with E-state index < -0.39 is 7.75 Å². The number of hydrogen-bond donors (Lipinski definition) is 1. The van der Waals surface area contributed by atoms with Crippen LogP contribution in [0.15, 0.2) is 0 Å². The minimum atomic E-state index is -3.39. The molecule has 0 saturated carbocycles. The maximum atomic E-state index is 14.3. The maximum absolute atomic E-state index is 14.3. The number of hydrogen-bond acceptors (Lipinski definition) is 5. The average Bonchev–Trinajstić information content (AvgIpc) is 3.07. The Morgan fingerprint density at radius 1 is 0.565 bits per heavy atom. The van der Waals surface area contributed by atoms with Gasteiger partial charge in [-0.25, -0.2) is 9.65 Å². The quantitative estimate of drug-likeness (QED) is 0.0534. The minimum Gasteiger partial charge on any atom is -0.379 e. The largest absolute Gasteiger partial charge is 0.405 e. The standard InChI is InChI=1S/C39H81N2O4P/c1-5-9-13-17-19-23-28-38(26-21-15-11-7-3)36-44-46(42,40-30-25-31-41-32-34-43-35-33-41)45-37-39(27-22-16-12-8-4)29-24-20-18-14-10-6-2/h38-39H,5-37H2,1-4H3,(H,40,42). The number of morpholine rings is 1. The molecule has 6 nitrogen and oxygen atoms in total. The second-order valence-corrected chi connectivity index (χ2v) is 16.2. The maximum Gasteiger partial charge on any atom is 0.405 e. The van der Waals surface area contributed by atoms with Gasteiger partial charge in [0.2, 0.25) is 0 Å². The van der Waals surface area contributed by atoms with Crippen molar-refractivity contribution < 1.29 is 18.3 Å². The van der Waals surface area contributed by atoms with Crippen LogP contribution < -0.4 is 5.09 Å². The van der Waals surface area contributed by atoms with E-state index in [9.17, 15) is 4.57 Å². The molecule has 2 atom stereocenters. The number of unbranched alkanes of at least 4 members (excludes halogenated alkanes) is 16. The fourth-order valence-corrected chi connectivity index (χ4v) is 8.15. The highest BCUT2D eigenvalue weighted by Gasteiger charge is 2.28. The smallest absolute Gasteiger partial charge is 0.379 e. The zero-order valence-corrected chi connectivity index (χ0v) is 32.4. The van der Waals surface area contributed by atoms with E-state index in [-0.39, 0.29) is 0 Å². The normalized spacial score (nSPS) is 16.9. The van der Waals surface area contributed by atoms with Gasteiger partial charge in [-0.15, -0.1) is 0 Å². The fourth-order valence-electron chi connectivity index (χ4n) is 6.65. The molecular weight excluding hydrogens is 591 g/mol. The van der Waals surface area contributed by atoms with Gasteiger partial charge in [0.25, 0.3) is 0 Å². The van der Waals surface area contributed by atoms with Crippen molar-refractivity contribution in [3.63, 3.8) is 0 Å². The van der Waals surface area contributed by atoms with Gasteiger partial charge in [0, 0.05) is 19.6 Å². The highest BCUT2D eigenvalue weighted by atomic mass is 31.2. The molecule has 0 aromatic heterocycles. The predicted octanol–water partition coefficient (Wildman–Crippen LogP) is 12.1. The van der Waals surface area contributed by atoms with E-state index in [1.165, 1.54) is 154 Å². The Hall–Kier alpha value is 0.0300. The lowest BCUT2D eigenvalue weighted by molar-refractivity contribution is 0.0375. The summed E-state index contributed by atoms with van der Waals surface area (Å²) in [7, 11) is -3.39. The molecule has 1 rings (SSSR count). The van der Waals surface area contributed by atoms with Crippen LogP contribution in [0.2, 0.25) is 0 Å². The van der Waals surface area contributed by atoms with Gasteiger partial charge in [0.05, 0.1) is 26.4 Å². The van der Waals surface area contributed by atoms with Gasteiger partial charge in [-0.3, -0.25) is 13.9 Å². The Bertz CT molecular complexity index is 636. The molecule has 1 fully saturated rings. The molecule has 0 aromatic carbocycles. The van der Waals surface area contributed by atoms with Gasteiger partial charge < -0.3 is 4.74 Å². The predicted molar refractivity (Wildman–Crippen MR) is 200 cm³/mol. The van der Waals surface area contributed by atoms with Crippen LogP contribution in [-0.2, 0) is 18.3 Å². The first kappa shape index (κ1) is 44.1. The third-order valence-electron chi connectivity index (χ3n) is 9.88. The van der Waals surface area contributed by atoms with Crippen molar-refractivity contribution in [3.05, 3.63) is 0 Å². The highest BCUT2D eigenvalue weighted by molar-refractivity contribution is 7.51. The lowest BCUT2D eigenvalue weighted by atomic mass is 9.95. The van der Waals surface area contributed by atoms with Gasteiger partial charge in [0.15, 0.2) is 0 Å². The third kappa shape index (κ3) is 26.0. The molecule has 1 aliphatic rings. The Kier molecular flexibility index (Phi) is 30.9. The first-order valence-electron chi connectivity index (χ1n) is 20.5. The number of ether oxygens (including phenoxy) is 1. The summed E-state index contributed by atoms with van der Waals surface area (Å²) in [6.07, 6.45) is 31.6. The van der Waals surface area contributed by atoms with E-state index in [0.29, 0.717) is 31.6 Å². The van der Waals surface area contributed by atoms with E-state index in [4.69, 9.17) is 13.8 Å². The fraction of sp³-hybridized carbons (Fsp3) is 1.00. The molecule has 0 aliphatic carbocycles. The van der Waals surface area contributed by atoms with Gasteiger partial charge >= 0.3 is 7.75 Å². The van der Waals surface area contributed by atoms with Crippen molar-refractivity contribution >= 4 is 7.75 Å². The van der Waals surface area contributed by atoms with Gasteiger partial charge in [-0.2, -0.15) is 0 Å². The van der Waals surface area contributed by atoms with E-state index >= 15 is 0 Å². The molecule has 0 radical (unpaired) electrons. The van der Waals surface area contributed by atoms with Crippen molar-refractivity contribution in [2.75, 3.05) is 52.6 Å². The highest BCUT2D eigenvalue weighted by Crippen LogP contribution is 2.45. The summed E-state index contributed by atoms with van der Waals surface area (Å²) in [5.41, 5.74) is 0. The monoisotopic (exact) mass is 673 g/mol. The van der Waals surface area contributed by atoms with E-state index in [0.717, 1.165) is 39.3 Å². The Morgan fingerprint density at radius 3 is 1.35 bits per heavy atom. The lowest BCUT2D eigenvalue weighted by Gasteiger charge is -2.27. The number of nitrogens with one attached hydrogen (secondary N) is 1. The Labute approximate surface area is 288 Å². The van der Waals surface area contributed by atoms with Crippen molar-refractivity contribution in [1.29, 1.82) is 0 Å². The molecule has 276 valence electrons. The van der Waals surface area contributed by atoms with Crippen molar-refractivity contribution in [2.24, 2.45) is 11.8 Å². The van der Waals surface area contributed by atoms with Crippen LogP contribution in [0.4, 0.5) is 0 Å². The Balaban J connectivity index is 2.79. The molecule has 1 N–H and O–H groups in total. The molecule has 7 heteroatoms. The number of rotatable bonds is 35. The number of nitrogens with zero attached hydrogens (tertiary/aromatic N) is 1. The van der Waals surface area contributed by atoms with Crippen LogP contribution in [0.5, 0.6) is 0 Å². The van der Waals surface area contributed by atoms with Gasteiger partial charge in [-0.05, 0) is 50.5 Å². The third-order valence-corrected chi connectivity index (χ3v) is 11.5. The molecule has 1 aliphatic heterocycles. The second kappa shape index (κ2) is 32.2. The van der Waals surface area contributed by atoms with Crippen molar-refractivity contribution in [1.82, 2.24) is 9.99 Å². The molecule has 0 bridgehead atoms. The van der Waals surface area contributed by atoms with Crippen molar-refractivity contribution in [3.8, 4) is 0 Å². The lowest BCUT2D eigenvalue weighted by Crippen LogP contribution is -2.37. The van der Waals surface area contributed by atoms with E-state index in [1.807, 2.05) is 0 Å². The minimum absolute atomic E-state index is 0.461. The summed E-state index contributed by atoms with van der Waals surface area (Å²) in [6, 6.07) is 0. The van der Waals surface area contributed by atoms with E-state index in [1.54, 1.807) is 0 Å². The summed E-state index contributed by atoms with van der Waals surface area (Å²) in [6.45, 7) is 15.5. The van der Waals surface area contributed by atoms with Crippen LogP contribution in [0.25, 0.3) is 0 Å². The van der Waals surface area contributed by atoms with Gasteiger partial charge in [0.1, 0.15) is 0 Å². The van der Waals surface area contributed by atoms with Crippen LogP contribution >= 0.6 is 7.75 Å². The molecule has 0 amide bonds. The van der Waals surface area contributed by atoms with Gasteiger partial charge in [-0.1, -0.05) is 156 Å². The first-order valence-corrected chi connectivity index (χ1v) is 22.0. The topological polar surface area (TPSA) is 60.0 Å². The molecular formula is C39H81N2O4P. The Morgan fingerprint density at radius 2 is 0.935 bits per heavy atom. The van der Waals surface area contributed by atoms with Crippen molar-refractivity contribution in [2.45, 2.75) is 188 Å². The average molecular weight is 673 g/mol. The first-order chi connectivity index (χ1) is 22.6. The van der Waals surface area contributed by atoms with Crippen LogP contribution in [-0.4, -0.2) is 57.5 Å². The van der Waals surface area contributed by atoms with Crippen LogP contribution in [0.3, 0.4) is 0 Å². The second-order valence-electron chi connectivity index (χ2n) is 14.3. The molecule has 1 saturated heterocycles. The zero-order chi connectivity index (χ0) is 33.4. The molecule has 0 aromatic rings. The summed E-state index contributed by atoms with van der Waals surface area (Å²) < 4.78 is 32.6. The summed E-state index contributed by atoms with van der Waals surface area (Å²) in [4.78, 5) is 2.44. The molecule has 46 heavy (non-hydrogen) atoms. The summed E-state index contributed by atoms with van der Waals surface area (Å²) >= 11 is 0. The SMILES string of the molecule is CCCCCCCCC(CCCCCC)COP(=O)(NCCCN1CCOCC1)OCC(CCCCCC)CCCCCCCC. The van der Waals surface area contributed by atoms with Crippen LogP contribution in [0, 0.1) is 11.8 Å². The zero-order valence-electron chi connectivity index (χ0n) is 31.5. The molecule has 0 spiro atoms. The van der Waals surface area contributed by atoms with Crippen LogP contribution in [0.1, 0.15) is 188 Å². The van der Waals surface area contributed by atoms with E-state index in [2.05, 4.69) is 37.7 Å². The molecule has 2 unspecified atom stereocenters. The summed E-state index contributed by atoms with van der Waals surface area (Å²) in [5.74, 6) is 0.922. The molecule has 1 heterocycles.